The lowest BCUT2D eigenvalue weighted by molar-refractivity contribution is -0.138. The predicted molar refractivity (Wildman–Crippen MR) is 61.9 cm³/mol. The number of carboxylic acid groups (broad SMARTS) is 1. The Morgan fingerprint density at radius 2 is 2.06 bits per heavy atom. The fourth-order valence-electron chi connectivity index (χ4n) is 1.14. The van der Waals surface area contributed by atoms with E-state index in [1.165, 1.54) is 6.07 Å². The predicted octanol–water partition coefficient (Wildman–Crippen LogP) is 2.30. The summed E-state index contributed by atoms with van der Waals surface area (Å²) < 4.78 is 0. The molecule has 2 N–H and O–H groups in total. The molecule has 0 fully saturated rings. The highest BCUT2D eigenvalue weighted by atomic mass is 35.5. The molecule has 0 aromatic carbocycles. The molecule has 88 valence electrons. The number of aromatic nitrogens is 2. The van der Waals surface area contributed by atoms with E-state index in [0.29, 0.717) is 5.69 Å². The summed E-state index contributed by atoms with van der Waals surface area (Å²) in [5, 5.41) is 19.1. The maximum atomic E-state index is 11.0. The Bertz CT molecular complexity index is 398. The number of halogens is 2. The first kappa shape index (κ1) is 13.0. The Labute approximate surface area is 103 Å². The normalized spacial score (nSPS) is 12.6. The van der Waals surface area contributed by atoms with Crippen molar-refractivity contribution in [1.29, 1.82) is 0 Å². The van der Waals surface area contributed by atoms with E-state index in [1.807, 2.05) is 0 Å². The van der Waals surface area contributed by atoms with Crippen LogP contribution in [0.5, 0.6) is 0 Å². The number of nitrogens with zero attached hydrogens (tertiary/aromatic N) is 2. The van der Waals surface area contributed by atoms with Crippen LogP contribution in [0.3, 0.4) is 0 Å². The zero-order valence-corrected chi connectivity index (χ0v) is 10.2. The van der Waals surface area contributed by atoms with Gasteiger partial charge < -0.3 is 10.4 Å². The highest BCUT2D eigenvalue weighted by Gasteiger charge is 2.22. The molecule has 1 aromatic heterocycles. The van der Waals surface area contributed by atoms with E-state index >= 15 is 0 Å². The van der Waals surface area contributed by atoms with Crippen LogP contribution in [0.1, 0.15) is 13.8 Å². The topological polar surface area (TPSA) is 75.1 Å². The molecule has 0 saturated heterocycles. The number of hydrogen-bond donors (Lipinski definition) is 2. The summed E-state index contributed by atoms with van der Waals surface area (Å²) in [5.74, 6) is -1.06. The standard InChI is InChI=1S/C9H11Cl2N3O2/c1-4(2)7(9(15)16)12-5-3-6(10)13-14-8(5)11/h3-4,7H,1-2H3,(H,12,13)(H,15,16). The molecule has 0 aliphatic heterocycles. The van der Waals surface area contributed by atoms with E-state index in [1.54, 1.807) is 13.8 Å². The minimum Gasteiger partial charge on any atom is -0.480 e. The van der Waals surface area contributed by atoms with Crippen LogP contribution in [0.4, 0.5) is 5.69 Å². The second kappa shape index (κ2) is 5.32. The van der Waals surface area contributed by atoms with Crippen LogP contribution < -0.4 is 5.32 Å². The monoisotopic (exact) mass is 263 g/mol. The summed E-state index contributed by atoms with van der Waals surface area (Å²) in [4.78, 5) is 11.0. The first-order valence-electron chi connectivity index (χ1n) is 4.60. The molecule has 1 unspecified atom stereocenters. The van der Waals surface area contributed by atoms with Crippen molar-refractivity contribution in [2.45, 2.75) is 19.9 Å². The second-order valence-electron chi connectivity index (χ2n) is 3.58. The van der Waals surface area contributed by atoms with E-state index < -0.39 is 12.0 Å². The van der Waals surface area contributed by atoms with E-state index in [9.17, 15) is 4.79 Å². The minimum atomic E-state index is -0.959. The van der Waals surface area contributed by atoms with Crippen LogP contribution in [0.25, 0.3) is 0 Å². The number of hydrogen-bond acceptors (Lipinski definition) is 4. The fourth-order valence-corrected chi connectivity index (χ4v) is 1.43. The Hall–Kier alpha value is -1.07. The smallest absolute Gasteiger partial charge is 0.326 e. The van der Waals surface area contributed by atoms with Gasteiger partial charge in [0.25, 0.3) is 0 Å². The number of rotatable bonds is 4. The number of carbonyl (C=O) groups is 1. The molecular weight excluding hydrogens is 253 g/mol. The summed E-state index contributed by atoms with van der Waals surface area (Å²) in [7, 11) is 0. The Morgan fingerprint density at radius 1 is 1.44 bits per heavy atom. The maximum absolute atomic E-state index is 11.0. The van der Waals surface area contributed by atoms with Gasteiger partial charge in [-0.1, -0.05) is 37.0 Å². The molecule has 0 spiro atoms. The number of aliphatic carboxylic acids is 1. The van der Waals surface area contributed by atoms with E-state index in [2.05, 4.69) is 15.5 Å². The third-order valence-electron chi connectivity index (χ3n) is 1.96. The summed E-state index contributed by atoms with van der Waals surface area (Å²) in [6.07, 6.45) is 0. The lowest BCUT2D eigenvalue weighted by atomic mass is 10.0. The van der Waals surface area contributed by atoms with Crippen molar-refractivity contribution in [2.75, 3.05) is 5.32 Å². The average Bonchev–Trinajstić information content (AvgIpc) is 2.18. The van der Waals surface area contributed by atoms with Gasteiger partial charge in [0.05, 0.1) is 5.69 Å². The molecule has 0 aliphatic rings. The largest absolute Gasteiger partial charge is 0.480 e. The lowest BCUT2D eigenvalue weighted by Crippen LogP contribution is -2.34. The fraction of sp³-hybridized carbons (Fsp3) is 0.444. The number of anilines is 1. The van der Waals surface area contributed by atoms with Crippen molar-refractivity contribution < 1.29 is 9.90 Å². The molecule has 16 heavy (non-hydrogen) atoms. The molecule has 0 amide bonds. The van der Waals surface area contributed by atoms with Gasteiger partial charge >= 0.3 is 5.97 Å². The zero-order chi connectivity index (χ0) is 12.3. The van der Waals surface area contributed by atoms with E-state index in [0.717, 1.165) is 0 Å². The van der Waals surface area contributed by atoms with Gasteiger partial charge in [-0.3, -0.25) is 0 Å². The van der Waals surface area contributed by atoms with Crippen LogP contribution in [0, 0.1) is 5.92 Å². The van der Waals surface area contributed by atoms with Gasteiger partial charge in [-0.25, -0.2) is 4.79 Å². The van der Waals surface area contributed by atoms with Gasteiger partial charge in [-0.05, 0) is 5.92 Å². The summed E-state index contributed by atoms with van der Waals surface area (Å²) in [6.45, 7) is 3.58. The highest BCUT2D eigenvalue weighted by Crippen LogP contribution is 2.23. The summed E-state index contributed by atoms with van der Waals surface area (Å²) in [5.41, 5.74) is 0.364. The molecule has 5 nitrogen and oxygen atoms in total. The quantitative estimate of drug-likeness (QED) is 0.872. The SMILES string of the molecule is CC(C)C(Nc1cc(Cl)nnc1Cl)C(=O)O. The maximum Gasteiger partial charge on any atom is 0.326 e. The zero-order valence-electron chi connectivity index (χ0n) is 8.74. The Kier molecular flexibility index (Phi) is 4.32. The summed E-state index contributed by atoms with van der Waals surface area (Å²) >= 11 is 11.4. The van der Waals surface area contributed by atoms with Crippen LogP contribution in [-0.2, 0) is 4.79 Å². The average molecular weight is 264 g/mol. The van der Waals surface area contributed by atoms with Gasteiger partial charge in [0.1, 0.15) is 6.04 Å². The molecule has 0 radical (unpaired) electrons. The third kappa shape index (κ3) is 3.21. The Morgan fingerprint density at radius 3 is 2.56 bits per heavy atom. The summed E-state index contributed by atoms with van der Waals surface area (Å²) in [6, 6.07) is 0.688. The Balaban J connectivity index is 2.93. The highest BCUT2D eigenvalue weighted by molar-refractivity contribution is 6.33. The molecule has 0 bridgehead atoms. The van der Waals surface area contributed by atoms with E-state index in [4.69, 9.17) is 28.3 Å². The minimum absolute atomic E-state index is 0.0938. The molecule has 1 atom stereocenters. The second-order valence-corrected chi connectivity index (χ2v) is 4.32. The van der Waals surface area contributed by atoms with Gasteiger partial charge in [-0.15, -0.1) is 10.2 Å². The molecule has 0 aliphatic carbocycles. The van der Waals surface area contributed by atoms with Crippen LogP contribution in [0.15, 0.2) is 6.07 Å². The van der Waals surface area contributed by atoms with Crippen LogP contribution in [-0.4, -0.2) is 27.3 Å². The van der Waals surface area contributed by atoms with Gasteiger partial charge in [0.15, 0.2) is 10.3 Å². The van der Waals surface area contributed by atoms with E-state index in [-0.39, 0.29) is 16.2 Å². The van der Waals surface area contributed by atoms with Crippen LogP contribution >= 0.6 is 23.2 Å². The molecule has 0 saturated carbocycles. The van der Waals surface area contributed by atoms with Crippen LogP contribution in [0.2, 0.25) is 10.3 Å². The number of carboxylic acids is 1. The molecule has 1 heterocycles. The van der Waals surface area contributed by atoms with Crippen molar-refractivity contribution in [2.24, 2.45) is 5.92 Å². The first-order valence-corrected chi connectivity index (χ1v) is 5.35. The third-order valence-corrected chi connectivity index (χ3v) is 2.43. The molecule has 7 heteroatoms. The van der Waals surface area contributed by atoms with Crippen molar-refractivity contribution in [3.05, 3.63) is 16.4 Å². The van der Waals surface area contributed by atoms with Crippen molar-refractivity contribution in [3.63, 3.8) is 0 Å². The van der Waals surface area contributed by atoms with Crippen molar-refractivity contribution in [1.82, 2.24) is 10.2 Å². The van der Waals surface area contributed by atoms with Crippen molar-refractivity contribution >= 4 is 34.9 Å². The van der Waals surface area contributed by atoms with Gasteiger partial charge in [-0.2, -0.15) is 0 Å². The van der Waals surface area contributed by atoms with Crippen molar-refractivity contribution in [3.8, 4) is 0 Å². The first-order chi connectivity index (χ1) is 7.41. The molecule has 1 rings (SSSR count). The molecular formula is C9H11Cl2N3O2. The molecule has 1 aromatic rings. The number of nitrogens with one attached hydrogen (secondary N) is 1. The van der Waals surface area contributed by atoms with Gasteiger partial charge in [0, 0.05) is 6.07 Å². The van der Waals surface area contributed by atoms with Gasteiger partial charge in [0.2, 0.25) is 0 Å². The lowest BCUT2D eigenvalue weighted by Gasteiger charge is -2.19.